The lowest BCUT2D eigenvalue weighted by Crippen LogP contribution is -2.21. The number of carbonyl (C=O) groups excluding carboxylic acids is 1. The summed E-state index contributed by atoms with van der Waals surface area (Å²) < 4.78 is 26.9. The zero-order valence-electron chi connectivity index (χ0n) is 12.5. The van der Waals surface area contributed by atoms with Gasteiger partial charge in [-0.15, -0.1) is 0 Å². The van der Waals surface area contributed by atoms with E-state index in [0.717, 1.165) is 12.8 Å². The van der Waals surface area contributed by atoms with Gasteiger partial charge in [-0.2, -0.15) is 5.10 Å². The third-order valence-electron chi connectivity index (χ3n) is 3.72. The second-order valence-electron chi connectivity index (χ2n) is 5.55. The van der Waals surface area contributed by atoms with Crippen LogP contribution in [-0.2, 0) is 11.3 Å². The summed E-state index contributed by atoms with van der Waals surface area (Å²) in [4.78, 5) is 22.5. The first-order chi connectivity index (χ1) is 11.5. The first kappa shape index (κ1) is 16.0. The van der Waals surface area contributed by atoms with E-state index in [4.69, 9.17) is 0 Å². The van der Waals surface area contributed by atoms with Gasteiger partial charge >= 0.3 is 0 Å². The van der Waals surface area contributed by atoms with Gasteiger partial charge in [-0.05, 0) is 25.0 Å². The summed E-state index contributed by atoms with van der Waals surface area (Å²) in [5, 5.41) is 17.2. The number of aromatic nitrogens is 2. The number of benzene rings is 1. The number of amides is 1. The van der Waals surface area contributed by atoms with Crippen LogP contribution in [0.25, 0.3) is 0 Å². The van der Waals surface area contributed by atoms with Gasteiger partial charge < -0.3 is 5.32 Å². The van der Waals surface area contributed by atoms with Gasteiger partial charge in [0.25, 0.3) is 12.1 Å². The molecule has 0 atom stereocenters. The Bertz CT molecular complexity index is 787. The number of para-hydroxylation sites is 2. The van der Waals surface area contributed by atoms with Crippen molar-refractivity contribution in [1.82, 2.24) is 9.78 Å². The van der Waals surface area contributed by atoms with Gasteiger partial charge in [0.15, 0.2) is 0 Å². The number of nitro groups is 1. The zero-order valence-corrected chi connectivity index (χ0v) is 12.5. The number of hydrogen-bond acceptors (Lipinski definition) is 4. The van der Waals surface area contributed by atoms with Crippen LogP contribution in [0, 0.1) is 10.1 Å². The normalized spacial score (nSPS) is 14.0. The van der Waals surface area contributed by atoms with E-state index >= 15 is 0 Å². The zero-order chi connectivity index (χ0) is 17.3. The highest BCUT2D eigenvalue weighted by Gasteiger charge is 2.30. The fraction of sp³-hybridized carbons (Fsp3) is 0.333. The molecule has 3 rings (SSSR count). The number of nitrogens with one attached hydrogen (secondary N) is 1. The molecule has 1 fully saturated rings. The molecule has 0 radical (unpaired) electrons. The lowest BCUT2D eigenvalue weighted by molar-refractivity contribution is -0.383. The van der Waals surface area contributed by atoms with Crippen LogP contribution < -0.4 is 5.32 Å². The summed E-state index contributed by atoms with van der Waals surface area (Å²) in [6.07, 6.45) is -0.956. The summed E-state index contributed by atoms with van der Waals surface area (Å²) in [7, 11) is 0. The van der Waals surface area contributed by atoms with E-state index in [1.165, 1.54) is 28.9 Å². The van der Waals surface area contributed by atoms with Crippen LogP contribution in [0.5, 0.6) is 0 Å². The second-order valence-corrected chi connectivity index (χ2v) is 5.55. The maximum Gasteiger partial charge on any atom is 0.292 e. The lowest BCUT2D eigenvalue weighted by Gasteiger charge is -2.08. The molecule has 1 aromatic heterocycles. The van der Waals surface area contributed by atoms with E-state index in [9.17, 15) is 23.7 Å². The van der Waals surface area contributed by atoms with Crippen molar-refractivity contribution in [2.75, 3.05) is 5.32 Å². The maximum atomic E-state index is 12.8. The minimum absolute atomic E-state index is 0.0571. The molecule has 126 valence electrons. The summed E-state index contributed by atoms with van der Waals surface area (Å²) in [5.74, 6) is -0.418. The van der Waals surface area contributed by atoms with Crippen molar-refractivity contribution < 1.29 is 18.5 Å². The average Bonchev–Trinajstić information content (AvgIpc) is 3.28. The van der Waals surface area contributed by atoms with Crippen LogP contribution in [0.3, 0.4) is 0 Å². The number of nitro benzene ring substituents is 1. The highest BCUT2D eigenvalue weighted by atomic mass is 19.3. The summed E-state index contributed by atoms with van der Waals surface area (Å²) in [6, 6.07) is 7.04. The molecule has 9 heteroatoms. The Kier molecular flexibility index (Phi) is 4.24. The number of hydrogen-bond donors (Lipinski definition) is 1. The van der Waals surface area contributed by atoms with Crippen LogP contribution in [-0.4, -0.2) is 20.6 Å². The fourth-order valence-corrected chi connectivity index (χ4v) is 2.46. The average molecular weight is 336 g/mol. The van der Waals surface area contributed by atoms with Crippen LogP contribution in [0.1, 0.15) is 36.6 Å². The minimum Gasteiger partial charge on any atom is -0.319 e. The molecule has 0 aliphatic heterocycles. The van der Waals surface area contributed by atoms with E-state index in [1.807, 2.05) is 0 Å². The summed E-state index contributed by atoms with van der Waals surface area (Å²) in [6.45, 7) is -0.273. The molecule has 1 amide bonds. The van der Waals surface area contributed by atoms with Crippen LogP contribution in [0.2, 0.25) is 0 Å². The number of nitrogens with zero attached hydrogens (tertiary/aromatic N) is 3. The van der Waals surface area contributed by atoms with Gasteiger partial charge in [-0.3, -0.25) is 19.6 Å². The molecule has 1 aliphatic rings. The number of anilines is 1. The van der Waals surface area contributed by atoms with Gasteiger partial charge in [-0.25, -0.2) is 8.78 Å². The molecule has 7 nitrogen and oxygen atoms in total. The molecule has 2 aromatic rings. The van der Waals surface area contributed by atoms with Gasteiger partial charge in [-0.1, -0.05) is 12.1 Å². The molecule has 1 aromatic carbocycles. The van der Waals surface area contributed by atoms with Crippen molar-refractivity contribution in [3.05, 3.63) is 51.8 Å². The summed E-state index contributed by atoms with van der Waals surface area (Å²) >= 11 is 0. The molecule has 0 spiro atoms. The minimum atomic E-state index is -2.71. The molecule has 1 aliphatic carbocycles. The Hall–Kier alpha value is -2.84. The summed E-state index contributed by atoms with van der Waals surface area (Å²) in [5.41, 5.74) is 0.0575. The van der Waals surface area contributed by atoms with E-state index in [1.54, 1.807) is 6.07 Å². The Morgan fingerprint density at radius 2 is 2.12 bits per heavy atom. The molecule has 0 unspecified atom stereocenters. The fourth-order valence-electron chi connectivity index (χ4n) is 2.46. The number of rotatable bonds is 6. The molecule has 24 heavy (non-hydrogen) atoms. The van der Waals surface area contributed by atoms with E-state index in [-0.39, 0.29) is 29.5 Å². The molecular weight excluding hydrogens is 322 g/mol. The first-order valence-electron chi connectivity index (χ1n) is 7.34. The second kappa shape index (κ2) is 6.34. The Balaban J connectivity index is 1.77. The van der Waals surface area contributed by atoms with Gasteiger partial charge in [0, 0.05) is 17.7 Å². The van der Waals surface area contributed by atoms with Crippen molar-refractivity contribution in [3.63, 3.8) is 0 Å². The quantitative estimate of drug-likeness (QED) is 0.647. The molecule has 0 saturated heterocycles. The number of carbonyl (C=O) groups is 1. The topological polar surface area (TPSA) is 90.1 Å². The Morgan fingerprint density at radius 3 is 2.75 bits per heavy atom. The van der Waals surface area contributed by atoms with Gasteiger partial charge in [0.2, 0.25) is 5.91 Å². The molecular formula is C15H14F2N4O3. The highest BCUT2D eigenvalue weighted by molar-refractivity contribution is 5.92. The molecule has 0 bridgehead atoms. The number of alkyl halides is 2. The van der Waals surface area contributed by atoms with E-state index in [0.29, 0.717) is 5.69 Å². The van der Waals surface area contributed by atoms with Crippen molar-refractivity contribution in [1.29, 1.82) is 0 Å². The Morgan fingerprint density at radius 1 is 1.42 bits per heavy atom. The predicted octanol–water partition coefficient (Wildman–Crippen LogP) is 3.25. The standard InChI is InChI=1S/C15H14F2N4O3/c16-15(17)11-7-13(9-5-6-9)20(19-11)8-14(22)18-10-3-1-2-4-12(10)21(23)24/h1-4,7,9,15H,5-6,8H2,(H,18,22). The lowest BCUT2D eigenvalue weighted by atomic mass is 10.2. The smallest absolute Gasteiger partial charge is 0.292 e. The van der Waals surface area contributed by atoms with Crippen LogP contribution in [0.15, 0.2) is 30.3 Å². The highest BCUT2D eigenvalue weighted by Crippen LogP contribution is 2.41. The van der Waals surface area contributed by atoms with E-state index < -0.39 is 17.3 Å². The Labute approximate surface area is 135 Å². The van der Waals surface area contributed by atoms with Crippen LogP contribution in [0.4, 0.5) is 20.2 Å². The van der Waals surface area contributed by atoms with Crippen molar-refractivity contribution >= 4 is 17.3 Å². The first-order valence-corrected chi connectivity index (χ1v) is 7.34. The van der Waals surface area contributed by atoms with Gasteiger partial charge in [0.05, 0.1) is 4.92 Å². The van der Waals surface area contributed by atoms with Crippen molar-refractivity contribution in [3.8, 4) is 0 Å². The monoisotopic (exact) mass is 336 g/mol. The maximum absolute atomic E-state index is 12.8. The van der Waals surface area contributed by atoms with Crippen molar-refractivity contribution in [2.45, 2.75) is 31.7 Å². The van der Waals surface area contributed by atoms with Crippen LogP contribution >= 0.6 is 0 Å². The molecule has 1 saturated carbocycles. The third kappa shape index (κ3) is 3.39. The predicted molar refractivity (Wildman–Crippen MR) is 80.9 cm³/mol. The van der Waals surface area contributed by atoms with Crippen molar-refractivity contribution in [2.24, 2.45) is 0 Å². The largest absolute Gasteiger partial charge is 0.319 e. The molecule has 1 N–H and O–H groups in total. The SMILES string of the molecule is O=C(Cn1nc(C(F)F)cc1C1CC1)Nc1ccccc1[N+](=O)[O-]. The molecule has 1 heterocycles. The number of halogens is 2. The third-order valence-corrected chi connectivity index (χ3v) is 3.72. The van der Waals surface area contributed by atoms with E-state index in [2.05, 4.69) is 10.4 Å². The van der Waals surface area contributed by atoms with Gasteiger partial charge in [0.1, 0.15) is 17.9 Å².